The van der Waals surface area contributed by atoms with Gasteiger partial charge in [0.1, 0.15) is 17.5 Å². The highest BCUT2D eigenvalue weighted by Gasteiger charge is 2.15. The zero-order valence-electron chi connectivity index (χ0n) is 13.1. The molecule has 0 aliphatic heterocycles. The molecule has 0 aliphatic rings. The van der Waals surface area contributed by atoms with Crippen molar-refractivity contribution in [2.45, 2.75) is 0 Å². The van der Waals surface area contributed by atoms with Crippen LogP contribution >= 0.6 is 0 Å². The molecule has 0 radical (unpaired) electrons. The molecule has 26 heavy (non-hydrogen) atoms. The summed E-state index contributed by atoms with van der Waals surface area (Å²) in [5.41, 5.74) is 7.20. The van der Waals surface area contributed by atoms with Crippen LogP contribution in [-0.4, -0.2) is 9.91 Å². The van der Waals surface area contributed by atoms with Gasteiger partial charge in [-0.25, -0.2) is 13.8 Å². The number of nitriles is 1. The Hall–Kier alpha value is -3.86. The molecule has 0 spiro atoms. The van der Waals surface area contributed by atoms with Crippen molar-refractivity contribution in [3.63, 3.8) is 0 Å². The van der Waals surface area contributed by atoms with E-state index in [0.29, 0.717) is 11.3 Å². The quantitative estimate of drug-likeness (QED) is 0.565. The van der Waals surface area contributed by atoms with E-state index in [2.05, 4.69) is 4.98 Å². The zero-order chi connectivity index (χ0) is 18.8. The van der Waals surface area contributed by atoms with Crippen molar-refractivity contribution in [2.24, 2.45) is 0 Å². The van der Waals surface area contributed by atoms with Crippen molar-refractivity contribution in [1.82, 2.24) is 4.98 Å². The number of nitrogens with two attached hydrogens (primary N) is 1. The van der Waals surface area contributed by atoms with Gasteiger partial charge in [0.25, 0.3) is 5.69 Å². The van der Waals surface area contributed by atoms with Gasteiger partial charge in [0.2, 0.25) is 0 Å². The maximum Gasteiger partial charge on any atom is 0.269 e. The van der Waals surface area contributed by atoms with Crippen molar-refractivity contribution >= 4 is 11.5 Å². The van der Waals surface area contributed by atoms with E-state index >= 15 is 0 Å². The Labute approximate surface area is 146 Å². The summed E-state index contributed by atoms with van der Waals surface area (Å²) < 4.78 is 26.8. The summed E-state index contributed by atoms with van der Waals surface area (Å²) in [4.78, 5) is 14.4. The van der Waals surface area contributed by atoms with E-state index in [1.807, 2.05) is 6.07 Å². The molecule has 1 heterocycles. The number of nitro groups is 1. The molecule has 128 valence electrons. The van der Waals surface area contributed by atoms with Crippen LogP contribution in [0.2, 0.25) is 0 Å². The van der Waals surface area contributed by atoms with Crippen LogP contribution in [-0.2, 0) is 0 Å². The number of hydrogen-bond donors (Lipinski definition) is 1. The van der Waals surface area contributed by atoms with Crippen LogP contribution in [0, 0.1) is 33.1 Å². The number of benzene rings is 2. The van der Waals surface area contributed by atoms with E-state index in [0.717, 1.165) is 12.1 Å². The van der Waals surface area contributed by atoms with Gasteiger partial charge in [-0.05, 0) is 35.9 Å². The predicted molar refractivity (Wildman–Crippen MR) is 90.8 cm³/mol. The summed E-state index contributed by atoms with van der Waals surface area (Å²) in [5.74, 6) is -2.15. The lowest BCUT2D eigenvalue weighted by atomic mass is 9.98. The summed E-state index contributed by atoms with van der Waals surface area (Å²) >= 11 is 0. The second kappa shape index (κ2) is 6.57. The summed E-state index contributed by atoms with van der Waals surface area (Å²) in [6.07, 6.45) is 0. The molecule has 0 saturated carbocycles. The highest BCUT2D eigenvalue weighted by Crippen LogP contribution is 2.32. The fourth-order valence-electron chi connectivity index (χ4n) is 2.48. The van der Waals surface area contributed by atoms with Crippen molar-refractivity contribution in [3.8, 4) is 28.5 Å². The molecular weight excluding hydrogens is 342 g/mol. The van der Waals surface area contributed by atoms with Gasteiger partial charge in [0.05, 0.1) is 10.6 Å². The molecule has 0 amide bonds. The fourth-order valence-corrected chi connectivity index (χ4v) is 2.48. The number of halogens is 2. The third-order valence-corrected chi connectivity index (χ3v) is 3.76. The summed E-state index contributed by atoms with van der Waals surface area (Å²) in [5, 5.41) is 20.1. The van der Waals surface area contributed by atoms with Crippen LogP contribution in [0.4, 0.5) is 20.3 Å². The summed E-state index contributed by atoms with van der Waals surface area (Å²) in [6, 6.07) is 12.2. The molecule has 3 rings (SSSR count). The lowest BCUT2D eigenvalue weighted by molar-refractivity contribution is -0.384. The molecule has 0 aliphatic carbocycles. The number of anilines is 1. The minimum Gasteiger partial charge on any atom is -0.383 e. The lowest BCUT2D eigenvalue weighted by Crippen LogP contribution is -2.00. The van der Waals surface area contributed by atoms with Gasteiger partial charge in [0.15, 0.2) is 11.6 Å². The number of non-ortho nitro benzene ring substituents is 1. The van der Waals surface area contributed by atoms with Crippen LogP contribution < -0.4 is 5.73 Å². The molecule has 0 unspecified atom stereocenters. The Morgan fingerprint density at radius 1 is 1.04 bits per heavy atom. The molecule has 2 N–H and O–H groups in total. The first-order chi connectivity index (χ1) is 12.4. The van der Waals surface area contributed by atoms with Gasteiger partial charge in [-0.2, -0.15) is 5.26 Å². The fraction of sp³-hybridized carbons (Fsp3) is 0. The Morgan fingerprint density at radius 2 is 1.69 bits per heavy atom. The maximum absolute atomic E-state index is 13.6. The van der Waals surface area contributed by atoms with Gasteiger partial charge in [-0.1, -0.05) is 6.07 Å². The van der Waals surface area contributed by atoms with Crippen molar-refractivity contribution < 1.29 is 13.7 Å². The summed E-state index contributed by atoms with van der Waals surface area (Å²) in [6.45, 7) is 0. The zero-order valence-corrected chi connectivity index (χ0v) is 13.1. The van der Waals surface area contributed by atoms with E-state index in [9.17, 15) is 24.2 Å². The van der Waals surface area contributed by atoms with E-state index in [1.165, 1.54) is 36.4 Å². The maximum atomic E-state index is 13.6. The van der Waals surface area contributed by atoms with Gasteiger partial charge >= 0.3 is 0 Å². The topological polar surface area (TPSA) is 106 Å². The average Bonchev–Trinajstić information content (AvgIpc) is 2.63. The van der Waals surface area contributed by atoms with E-state index < -0.39 is 16.6 Å². The minimum atomic E-state index is -1.06. The van der Waals surface area contributed by atoms with Gasteiger partial charge in [-0.3, -0.25) is 10.1 Å². The SMILES string of the molecule is N#Cc1c(-c2ccc(F)c(F)c2)cc(-c2ccc([N+](=O)[O-])cc2)nc1N. The molecule has 1 aromatic heterocycles. The molecule has 2 aromatic carbocycles. The molecule has 0 bridgehead atoms. The second-order valence-corrected chi connectivity index (χ2v) is 5.36. The van der Waals surface area contributed by atoms with Crippen LogP contribution in [0.1, 0.15) is 5.56 Å². The molecule has 0 fully saturated rings. The second-order valence-electron chi connectivity index (χ2n) is 5.36. The van der Waals surface area contributed by atoms with Crippen molar-refractivity contribution in [3.05, 3.63) is 75.8 Å². The highest BCUT2D eigenvalue weighted by atomic mass is 19.2. The molecule has 3 aromatic rings. The van der Waals surface area contributed by atoms with Crippen molar-refractivity contribution in [1.29, 1.82) is 5.26 Å². The number of nitrogen functional groups attached to an aromatic ring is 1. The first kappa shape index (κ1) is 17.0. The number of nitro benzene ring substituents is 1. The third-order valence-electron chi connectivity index (χ3n) is 3.76. The number of aromatic nitrogens is 1. The van der Waals surface area contributed by atoms with Gasteiger partial charge < -0.3 is 5.73 Å². The van der Waals surface area contributed by atoms with E-state index in [-0.39, 0.29) is 28.2 Å². The molecule has 6 nitrogen and oxygen atoms in total. The monoisotopic (exact) mass is 352 g/mol. The largest absolute Gasteiger partial charge is 0.383 e. The molecular formula is C18H10F2N4O2. The summed E-state index contributed by atoms with van der Waals surface area (Å²) in [7, 11) is 0. The Kier molecular flexibility index (Phi) is 4.29. The van der Waals surface area contributed by atoms with Crippen LogP contribution in [0.3, 0.4) is 0 Å². The Balaban J connectivity index is 2.17. The Morgan fingerprint density at radius 3 is 2.27 bits per heavy atom. The Bertz CT molecular complexity index is 1060. The van der Waals surface area contributed by atoms with E-state index in [1.54, 1.807) is 0 Å². The minimum absolute atomic E-state index is 0.0293. The normalized spacial score (nSPS) is 10.3. The number of rotatable bonds is 3. The molecule has 0 atom stereocenters. The predicted octanol–water partition coefficient (Wildman–Crippen LogP) is 4.06. The van der Waals surface area contributed by atoms with E-state index in [4.69, 9.17) is 5.73 Å². The highest BCUT2D eigenvalue weighted by molar-refractivity contribution is 5.80. The lowest BCUT2D eigenvalue weighted by Gasteiger charge is -2.10. The number of hydrogen-bond acceptors (Lipinski definition) is 5. The average molecular weight is 352 g/mol. The molecule has 8 heteroatoms. The first-order valence-corrected chi connectivity index (χ1v) is 7.31. The van der Waals surface area contributed by atoms with Crippen molar-refractivity contribution in [2.75, 3.05) is 5.73 Å². The standard InChI is InChI=1S/C18H10F2N4O2/c19-15-6-3-11(7-16(15)20)13-8-17(23-18(22)14(13)9-21)10-1-4-12(5-2-10)24(25)26/h1-8H,(H2,22,23). The van der Waals surface area contributed by atoms with Gasteiger partial charge in [-0.15, -0.1) is 0 Å². The van der Waals surface area contributed by atoms with Crippen LogP contribution in [0.25, 0.3) is 22.4 Å². The first-order valence-electron chi connectivity index (χ1n) is 7.31. The third kappa shape index (κ3) is 3.06. The smallest absolute Gasteiger partial charge is 0.269 e. The van der Waals surface area contributed by atoms with Crippen LogP contribution in [0.5, 0.6) is 0 Å². The number of nitrogens with zero attached hydrogens (tertiary/aromatic N) is 3. The van der Waals surface area contributed by atoms with Gasteiger partial charge in [0, 0.05) is 23.3 Å². The van der Waals surface area contributed by atoms with Crippen LogP contribution in [0.15, 0.2) is 48.5 Å². The molecule has 0 saturated heterocycles. The number of pyridine rings is 1.